The van der Waals surface area contributed by atoms with Gasteiger partial charge in [0, 0.05) is 19.3 Å². The van der Waals surface area contributed by atoms with E-state index in [1.807, 2.05) is 0 Å². The summed E-state index contributed by atoms with van der Waals surface area (Å²) in [7, 11) is 0. The molecule has 0 saturated heterocycles. The third-order valence-corrected chi connectivity index (χ3v) is 2.70. The Kier molecular flexibility index (Phi) is 2.90. The fourth-order valence-corrected chi connectivity index (χ4v) is 1.94. The molecule has 2 heterocycles. The topological polar surface area (TPSA) is 53.4 Å². The molecule has 0 aliphatic carbocycles. The number of hydrogen-bond donors (Lipinski definition) is 1. The summed E-state index contributed by atoms with van der Waals surface area (Å²) in [6, 6.07) is 1.55. The maximum atomic E-state index is 11.1. The first-order valence-corrected chi connectivity index (χ1v) is 5.26. The standard InChI is InChI=1S/C12H14N2O2/c1-9-3-2-6-14(8-9)11-7-13-5-4-10(11)12(15)16/h3-5,7H,2,6,8H2,1H3,(H,15,16). The zero-order valence-electron chi connectivity index (χ0n) is 9.18. The summed E-state index contributed by atoms with van der Waals surface area (Å²) >= 11 is 0. The van der Waals surface area contributed by atoms with Gasteiger partial charge in [-0.15, -0.1) is 0 Å². The fraction of sp³-hybridized carbons (Fsp3) is 0.333. The van der Waals surface area contributed by atoms with Crippen LogP contribution in [-0.4, -0.2) is 29.1 Å². The Hall–Kier alpha value is -1.84. The van der Waals surface area contributed by atoms with Crippen LogP contribution in [0.4, 0.5) is 5.69 Å². The maximum absolute atomic E-state index is 11.1. The number of rotatable bonds is 2. The van der Waals surface area contributed by atoms with Crippen molar-refractivity contribution in [2.45, 2.75) is 13.3 Å². The predicted molar refractivity (Wildman–Crippen MR) is 61.8 cm³/mol. The van der Waals surface area contributed by atoms with E-state index in [0.29, 0.717) is 11.3 Å². The van der Waals surface area contributed by atoms with Crippen LogP contribution in [0.15, 0.2) is 30.1 Å². The molecule has 0 bridgehead atoms. The van der Waals surface area contributed by atoms with Crippen LogP contribution >= 0.6 is 0 Å². The van der Waals surface area contributed by atoms with Crippen LogP contribution in [0, 0.1) is 0 Å². The van der Waals surface area contributed by atoms with Crippen LogP contribution in [0.1, 0.15) is 23.7 Å². The monoisotopic (exact) mass is 218 g/mol. The van der Waals surface area contributed by atoms with Crippen LogP contribution < -0.4 is 4.90 Å². The fourth-order valence-electron chi connectivity index (χ4n) is 1.94. The summed E-state index contributed by atoms with van der Waals surface area (Å²) in [5.74, 6) is -0.899. The Morgan fingerprint density at radius 1 is 1.56 bits per heavy atom. The Morgan fingerprint density at radius 3 is 3.06 bits per heavy atom. The van der Waals surface area contributed by atoms with E-state index in [2.05, 4.69) is 22.9 Å². The number of hydrogen-bond acceptors (Lipinski definition) is 3. The van der Waals surface area contributed by atoms with Gasteiger partial charge in [-0.2, -0.15) is 0 Å². The third-order valence-electron chi connectivity index (χ3n) is 2.70. The summed E-state index contributed by atoms with van der Waals surface area (Å²) in [5, 5.41) is 9.09. The second-order valence-corrected chi connectivity index (χ2v) is 3.96. The van der Waals surface area contributed by atoms with Crippen molar-refractivity contribution in [2.75, 3.05) is 18.0 Å². The first-order valence-electron chi connectivity index (χ1n) is 5.26. The van der Waals surface area contributed by atoms with E-state index in [0.717, 1.165) is 19.5 Å². The zero-order chi connectivity index (χ0) is 11.5. The molecule has 0 amide bonds. The molecule has 0 atom stereocenters. The Bertz CT molecular complexity index is 440. The number of nitrogens with zero attached hydrogens (tertiary/aromatic N) is 2. The number of pyridine rings is 1. The lowest BCUT2D eigenvalue weighted by Crippen LogP contribution is -2.30. The van der Waals surface area contributed by atoms with Crippen molar-refractivity contribution in [2.24, 2.45) is 0 Å². The highest BCUT2D eigenvalue weighted by molar-refractivity contribution is 5.94. The average molecular weight is 218 g/mol. The molecule has 2 rings (SSSR count). The minimum absolute atomic E-state index is 0.324. The van der Waals surface area contributed by atoms with Gasteiger partial charge in [-0.25, -0.2) is 4.79 Å². The van der Waals surface area contributed by atoms with E-state index in [-0.39, 0.29) is 0 Å². The lowest BCUT2D eigenvalue weighted by atomic mass is 10.1. The normalized spacial score (nSPS) is 15.8. The van der Waals surface area contributed by atoms with Crippen LogP contribution in [0.3, 0.4) is 0 Å². The SMILES string of the molecule is CC1=CCCN(c2cnccc2C(=O)O)C1. The summed E-state index contributed by atoms with van der Waals surface area (Å²) in [5.41, 5.74) is 2.30. The highest BCUT2D eigenvalue weighted by Crippen LogP contribution is 2.22. The summed E-state index contributed by atoms with van der Waals surface area (Å²) < 4.78 is 0. The van der Waals surface area contributed by atoms with E-state index in [9.17, 15) is 4.79 Å². The summed E-state index contributed by atoms with van der Waals surface area (Å²) in [4.78, 5) is 17.1. The van der Waals surface area contributed by atoms with E-state index in [1.165, 1.54) is 11.8 Å². The smallest absolute Gasteiger partial charge is 0.337 e. The molecular weight excluding hydrogens is 204 g/mol. The van der Waals surface area contributed by atoms with Gasteiger partial charge >= 0.3 is 5.97 Å². The second kappa shape index (κ2) is 4.35. The molecule has 0 spiro atoms. The van der Waals surface area contributed by atoms with Gasteiger partial charge in [0.1, 0.15) is 0 Å². The van der Waals surface area contributed by atoms with Crippen LogP contribution in [0.2, 0.25) is 0 Å². The van der Waals surface area contributed by atoms with E-state index < -0.39 is 5.97 Å². The van der Waals surface area contributed by atoms with Gasteiger partial charge in [0.15, 0.2) is 0 Å². The number of carbonyl (C=O) groups is 1. The molecule has 4 heteroatoms. The number of carboxylic acids is 1. The van der Waals surface area contributed by atoms with Gasteiger partial charge in [-0.05, 0) is 19.4 Å². The molecule has 1 aromatic rings. The molecule has 0 saturated carbocycles. The number of aromatic carboxylic acids is 1. The number of carboxylic acid groups (broad SMARTS) is 1. The van der Waals surface area contributed by atoms with Gasteiger partial charge in [0.2, 0.25) is 0 Å². The maximum Gasteiger partial charge on any atom is 0.337 e. The van der Waals surface area contributed by atoms with Gasteiger partial charge in [0.25, 0.3) is 0 Å². The highest BCUT2D eigenvalue weighted by Gasteiger charge is 2.17. The molecule has 0 aromatic carbocycles. The lowest BCUT2D eigenvalue weighted by Gasteiger charge is -2.28. The molecule has 4 nitrogen and oxygen atoms in total. The molecule has 0 unspecified atom stereocenters. The zero-order valence-corrected chi connectivity index (χ0v) is 9.18. The molecule has 0 radical (unpaired) electrons. The van der Waals surface area contributed by atoms with Crippen molar-refractivity contribution >= 4 is 11.7 Å². The van der Waals surface area contributed by atoms with Crippen molar-refractivity contribution in [3.8, 4) is 0 Å². The first kappa shape index (κ1) is 10.7. The van der Waals surface area contributed by atoms with E-state index in [1.54, 1.807) is 12.3 Å². The Balaban J connectivity index is 2.33. The molecule has 1 aliphatic rings. The molecular formula is C12H14N2O2. The van der Waals surface area contributed by atoms with Gasteiger partial charge < -0.3 is 10.0 Å². The van der Waals surface area contributed by atoms with Gasteiger partial charge in [0.05, 0.1) is 17.4 Å². The van der Waals surface area contributed by atoms with Crippen LogP contribution in [-0.2, 0) is 0 Å². The molecule has 1 aromatic heterocycles. The molecule has 1 aliphatic heterocycles. The van der Waals surface area contributed by atoms with Crippen LogP contribution in [0.5, 0.6) is 0 Å². The minimum atomic E-state index is -0.899. The van der Waals surface area contributed by atoms with Crippen molar-refractivity contribution in [1.82, 2.24) is 4.98 Å². The van der Waals surface area contributed by atoms with E-state index >= 15 is 0 Å². The molecule has 0 fully saturated rings. The van der Waals surface area contributed by atoms with Crippen molar-refractivity contribution in [3.05, 3.63) is 35.7 Å². The molecule has 84 valence electrons. The number of anilines is 1. The summed E-state index contributed by atoms with van der Waals surface area (Å²) in [6.45, 7) is 3.69. The Labute approximate surface area is 94.2 Å². The van der Waals surface area contributed by atoms with Gasteiger partial charge in [-0.3, -0.25) is 4.98 Å². The van der Waals surface area contributed by atoms with E-state index in [4.69, 9.17) is 5.11 Å². The average Bonchev–Trinajstić information content (AvgIpc) is 2.29. The second-order valence-electron chi connectivity index (χ2n) is 3.96. The van der Waals surface area contributed by atoms with Crippen molar-refractivity contribution in [3.63, 3.8) is 0 Å². The molecule has 16 heavy (non-hydrogen) atoms. The minimum Gasteiger partial charge on any atom is -0.478 e. The van der Waals surface area contributed by atoms with Crippen molar-refractivity contribution in [1.29, 1.82) is 0 Å². The Morgan fingerprint density at radius 2 is 2.38 bits per heavy atom. The van der Waals surface area contributed by atoms with Gasteiger partial charge in [-0.1, -0.05) is 11.6 Å². The first-order chi connectivity index (χ1) is 7.68. The predicted octanol–water partition coefficient (Wildman–Crippen LogP) is 1.94. The van der Waals surface area contributed by atoms with Crippen LogP contribution in [0.25, 0.3) is 0 Å². The number of aromatic nitrogens is 1. The molecule has 1 N–H and O–H groups in total. The quantitative estimate of drug-likeness (QED) is 0.771. The van der Waals surface area contributed by atoms with Crippen molar-refractivity contribution < 1.29 is 9.90 Å². The largest absolute Gasteiger partial charge is 0.478 e. The third kappa shape index (κ3) is 2.05. The highest BCUT2D eigenvalue weighted by atomic mass is 16.4. The summed E-state index contributed by atoms with van der Waals surface area (Å²) in [6.07, 6.45) is 6.29. The lowest BCUT2D eigenvalue weighted by molar-refractivity contribution is 0.0697.